The maximum atomic E-state index is 6.30. The fourth-order valence-electron chi connectivity index (χ4n) is 4.27. The summed E-state index contributed by atoms with van der Waals surface area (Å²) in [5, 5.41) is 4.39. The van der Waals surface area contributed by atoms with Crippen molar-refractivity contribution in [1.82, 2.24) is 20.1 Å². The minimum absolute atomic E-state index is 0.217. The number of pyridine rings is 1. The van der Waals surface area contributed by atoms with Crippen LogP contribution in [-0.2, 0) is 4.74 Å². The van der Waals surface area contributed by atoms with Crippen LogP contribution in [0.3, 0.4) is 0 Å². The Morgan fingerprint density at radius 1 is 1.10 bits per heavy atom. The Balaban J connectivity index is 1.39. The first-order chi connectivity index (χ1) is 15.2. The van der Waals surface area contributed by atoms with E-state index in [0.29, 0.717) is 0 Å². The average molecular weight is 443 g/mol. The monoisotopic (exact) mass is 442 g/mol. The van der Waals surface area contributed by atoms with Gasteiger partial charge in [-0.1, -0.05) is 29.8 Å². The number of anilines is 1. The molecule has 2 saturated heterocycles. The molecule has 166 valence electrons. The van der Waals surface area contributed by atoms with Crippen LogP contribution in [0.5, 0.6) is 0 Å². The zero-order valence-electron chi connectivity index (χ0n) is 18.1. The summed E-state index contributed by atoms with van der Waals surface area (Å²) in [4.78, 5) is 16.2. The molecule has 1 unspecified atom stereocenters. The van der Waals surface area contributed by atoms with E-state index in [1.54, 1.807) is 0 Å². The van der Waals surface area contributed by atoms with Crippen LogP contribution in [0.1, 0.15) is 11.6 Å². The van der Waals surface area contributed by atoms with Gasteiger partial charge in [0.2, 0.25) is 0 Å². The number of nitrogens with zero attached hydrogens (tertiary/aromatic N) is 5. The minimum atomic E-state index is 0.217. The quantitative estimate of drug-likeness (QED) is 0.567. The molecule has 0 saturated carbocycles. The molecule has 0 amide bonds. The molecule has 0 aliphatic carbocycles. The second kappa shape index (κ2) is 10.8. The second-order valence-corrected chi connectivity index (χ2v) is 8.25. The van der Waals surface area contributed by atoms with Crippen molar-refractivity contribution < 1.29 is 4.74 Å². The topological polar surface area (TPSA) is 56.2 Å². The van der Waals surface area contributed by atoms with Gasteiger partial charge in [0.05, 0.1) is 19.3 Å². The summed E-state index contributed by atoms with van der Waals surface area (Å²) in [6.07, 6.45) is 1.85. The predicted molar refractivity (Wildman–Crippen MR) is 126 cm³/mol. The lowest BCUT2D eigenvalue weighted by atomic mass is 10.0. The Hall–Kier alpha value is -2.35. The Morgan fingerprint density at radius 3 is 2.58 bits per heavy atom. The zero-order chi connectivity index (χ0) is 21.5. The lowest BCUT2D eigenvalue weighted by molar-refractivity contribution is 0.0169. The van der Waals surface area contributed by atoms with Crippen molar-refractivity contribution in [2.45, 2.75) is 6.04 Å². The number of hydrogen-bond acceptors (Lipinski definition) is 5. The van der Waals surface area contributed by atoms with Gasteiger partial charge in [0.15, 0.2) is 5.96 Å². The van der Waals surface area contributed by atoms with Gasteiger partial charge < -0.3 is 19.9 Å². The number of rotatable bonds is 5. The van der Waals surface area contributed by atoms with Crippen molar-refractivity contribution in [2.75, 3.05) is 71.0 Å². The van der Waals surface area contributed by atoms with Crippen LogP contribution in [0.4, 0.5) is 5.82 Å². The van der Waals surface area contributed by atoms with Gasteiger partial charge >= 0.3 is 0 Å². The van der Waals surface area contributed by atoms with Gasteiger partial charge in [0.1, 0.15) is 5.82 Å². The molecule has 7 nitrogen and oxygen atoms in total. The summed E-state index contributed by atoms with van der Waals surface area (Å²) in [6, 6.07) is 14.5. The van der Waals surface area contributed by atoms with Gasteiger partial charge in [-0.25, -0.2) is 4.98 Å². The largest absolute Gasteiger partial charge is 0.379 e. The van der Waals surface area contributed by atoms with Gasteiger partial charge in [0.25, 0.3) is 0 Å². The van der Waals surface area contributed by atoms with Crippen LogP contribution < -0.4 is 10.2 Å². The molecule has 1 N–H and O–H groups in total. The van der Waals surface area contributed by atoms with E-state index in [1.807, 2.05) is 37.5 Å². The van der Waals surface area contributed by atoms with Crippen LogP contribution in [0.2, 0.25) is 5.02 Å². The maximum absolute atomic E-state index is 6.30. The number of halogens is 1. The van der Waals surface area contributed by atoms with Gasteiger partial charge in [-0.2, -0.15) is 0 Å². The summed E-state index contributed by atoms with van der Waals surface area (Å²) in [5.41, 5.74) is 1.22. The van der Waals surface area contributed by atoms with E-state index >= 15 is 0 Å². The first-order valence-corrected chi connectivity index (χ1v) is 11.3. The molecule has 2 aliphatic heterocycles. The Bertz CT molecular complexity index is 850. The molecule has 4 rings (SSSR count). The fourth-order valence-corrected chi connectivity index (χ4v) is 4.47. The van der Waals surface area contributed by atoms with Gasteiger partial charge in [-0.15, -0.1) is 0 Å². The molecule has 2 aromatic rings. The number of benzene rings is 1. The molecule has 31 heavy (non-hydrogen) atoms. The van der Waals surface area contributed by atoms with E-state index in [4.69, 9.17) is 16.3 Å². The molecule has 2 fully saturated rings. The third-order valence-electron chi connectivity index (χ3n) is 5.94. The standard InChI is InChI=1S/C23H31ClN6O/c1-25-23(30-11-9-29(10-12-30)22-7-2-3-8-26-22)27-18-21(28-13-15-31-16-14-28)19-5-4-6-20(24)17-19/h2-8,17,21H,9-16,18H2,1H3,(H,25,27). The molecular formula is C23H31ClN6O. The van der Waals surface area contributed by atoms with E-state index in [9.17, 15) is 0 Å². The Kier molecular flexibility index (Phi) is 7.61. The molecule has 0 bridgehead atoms. The van der Waals surface area contributed by atoms with Gasteiger partial charge in [-0.05, 0) is 29.8 Å². The molecule has 1 aromatic carbocycles. The molecule has 2 aliphatic rings. The smallest absolute Gasteiger partial charge is 0.193 e. The van der Waals surface area contributed by atoms with E-state index in [0.717, 1.165) is 75.8 Å². The van der Waals surface area contributed by atoms with Crippen LogP contribution in [0.25, 0.3) is 0 Å². The Labute approximate surface area is 189 Å². The highest BCUT2D eigenvalue weighted by Gasteiger charge is 2.25. The van der Waals surface area contributed by atoms with Crippen molar-refractivity contribution in [3.63, 3.8) is 0 Å². The number of aliphatic imine (C=N–C) groups is 1. The highest BCUT2D eigenvalue weighted by molar-refractivity contribution is 6.30. The lowest BCUT2D eigenvalue weighted by Crippen LogP contribution is -2.54. The maximum Gasteiger partial charge on any atom is 0.193 e. The number of hydrogen-bond donors (Lipinski definition) is 1. The summed E-state index contributed by atoms with van der Waals surface area (Å²) < 4.78 is 5.57. The number of piperazine rings is 1. The van der Waals surface area contributed by atoms with E-state index < -0.39 is 0 Å². The van der Waals surface area contributed by atoms with Gasteiger partial charge in [0, 0.05) is 64.1 Å². The van der Waals surface area contributed by atoms with Crippen molar-refractivity contribution in [3.8, 4) is 0 Å². The number of aromatic nitrogens is 1. The van der Waals surface area contributed by atoms with Crippen LogP contribution >= 0.6 is 11.6 Å². The molecule has 1 atom stereocenters. The number of ether oxygens (including phenoxy) is 1. The number of guanidine groups is 1. The van der Waals surface area contributed by atoms with Crippen LogP contribution in [0, 0.1) is 0 Å². The SMILES string of the molecule is CN=C(NCC(c1cccc(Cl)c1)N1CCOCC1)N1CCN(c2ccccn2)CC1. The summed E-state index contributed by atoms with van der Waals surface area (Å²) in [5.74, 6) is 1.99. The molecule has 3 heterocycles. The van der Waals surface area contributed by atoms with E-state index in [2.05, 4.69) is 48.2 Å². The van der Waals surface area contributed by atoms with Crippen LogP contribution in [-0.4, -0.2) is 86.8 Å². The third kappa shape index (κ3) is 5.67. The number of morpholine rings is 1. The highest BCUT2D eigenvalue weighted by atomic mass is 35.5. The van der Waals surface area contributed by atoms with Gasteiger partial charge in [-0.3, -0.25) is 9.89 Å². The summed E-state index contributed by atoms with van der Waals surface area (Å²) in [7, 11) is 1.86. The van der Waals surface area contributed by atoms with Crippen molar-refractivity contribution in [2.24, 2.45) is 4.99 Å². The fraction of sp³-hybridized carbons (Fsp3) is 0.478. The van der Waals surface area contributed by atoms with Crippen molar-refractivity contribution in [3.05, 3.63) is 59.2 Å². The molecular weight excluding hydrogens is 412 g/mol. The Morgan fingerprint density at radius 2 is 1.90 bits per heavy atom. The average Bonchev–Trinajstić information content (AvgIpc) is 2.83. The number of nitrogens with one attached hydrogen (secondary N) is 1. The van der Waals surface area contributed by atoms with Crippen LogP contribution in [0.15, 0.2) is 53.7 Å². The zero-order valence-corrected chi connectivity index (χ0v) is 18.8. The highest BCUT2D eigenvalue weighted by Crippen LogP contribution is 2.24. The van der Waals surface area contributed by atoms with E-state index in [-0.39, 0.29) is 6.04 Å². The molecule has 1 aromatic heterocycles. The molecule has 0 spiro atoms. The minimum Gasteiger partial charge on any atom is -0.379 e. The summed E-state index contributed by atoms with van der Waals surface area (Å²) in [6.45, 7) is 7.82. The van der Waals surface area contributed by atoms with Crippen molar-refractivity contribution in [1.29, 1.82) is 0 Å². The lowest BCUT2D eigenvalue weighted by Gasteiger charge is -2.39. The first kappa shape index (κ1) is 21.9. The normalized spacial score (nSPS) is 19.4. The first-order valence-electron chi connectivity index (χ1n) is 10.9. The second-order valence-electron chi connectivity index (χ2n) is 7.81. The summed E-state index contributed by atoms with van der Waals surface area (Å²) >= 11 is 6.30. The third-order valence-corrected chi connectivity index (χ3v) is 6.17. The predicted octanol–water partition coefficient (Wildman–Crippen LogP) is 2.51. The molecule has 0 radical (unpaired) electrons. The van der Waals surface area contributed by atoms with Crippen molar-refractivity contribution >= 4 is 23.4 Å². The molecule has 8 heteroatoms. The van der Waals surface area contributed by atoms with E-state index in [1.165, 1.54) is 5.56 Å².